The molecule has 0 spiro atoms. The molecule has 0 amide bonds. The smallest absolute Gasteiger partial charge is 0.243 e. The van der Waals surface area contributed by atoms with Crippen LogP contribution in [-0.2, 0) is 10.0 Å². The number of likely N-dealkylation sites (tertiary alicyclic amines) is 1. The van der Waals surface area contributed by atoms with Gasteiger partial charge in [-0.25, -0.2) is 8.42 Å². The molecule has 0 unspecified atom stereocenters. The van der Waals surface area contributed by atoms with E-state index in [4.69, 9.17) is 0 Å². The van der Waals surface area contributed by atoms with Gasteiger partial charge in [-0.15, -0.1) is 0 Å². The first-order valence-electron chi connectivity index (χ1n) is 7.42. The van der Waals surface area contributed by atoms with Crippen LogP contribution in [-0.4, -0.2) is 61.6 Å². The summed E-state index contributed by atoms with van der Waals surface area (Å²) in [4.78, 5) is 2.68. The highest BCUT2D eigenvalue weighted by atomic mass is 32.2. The second kappa shape index (κ2) is 5.68. The fraction of sp³-hybridized carbons (Fsp3) is 0.600. The van der Waals surface area contributed by atoms with Crippen LogP contribution in [0.4, 0.5) is 0 Å². The Balaban J connectivity index is 1.62. The zero-order chi connectivity index (χ0) is 15.0. The minimum Gasteiger partial charge on any atom is -0.396 e. The molecule has 0 bridgehead atoms. The normalized spacial score (nSPS) is 25.1. The van der Waals surface area contributed by atoms with E-state index in [2.05, 4.69) is 4.90 Å². The summed E-state index contributed by atoms with van der Waals surface area (Å²) in [6, 6.07) is 7.32. The predicted octanol–water partition coefficient (Wildman–Crippen LogP) is 0.682. The Labute approximate surface area is 126 Å². The number of hydrogen-bond acceptors (Lipinski definition) is 4. The van der Waals surface area contributed by atoms with Crippen LogP contribution in [0.15, 0.2) is 29.2 Å². The van der Waals surface area contributed by atoms with Gasteiger partial charge in [-0.1, -0.05) is 17.7 Å². The molecule has 3 rings (SSSR count). The first kappa shape index (κ1) is 15.0. The average molecular weight is 310 g/mol. The molecule has 2 aliphatic heterocycles. The second-order valence-electron chi connectivity index (χ2n) is 6.12. The Hall–Kier alpha value is -0.950. The summed E-state index contributed by atoms with van der Waals surface area (Å²) >= 11 is 0. The van der Waals surface area contributed by atoms with E-state index in [0.717, 1.165) is 25.1 Å². The molecule has 5 nitrogen and oxygen atoms in total. The lowest BCUT2D eigenvalue weighted by Crippen LogP contribution is -2.60. The SMILES string of the molecule is Cc1ccc(S(=O)(=O)N2CC(N3CC[C@H](CO)C3)C2)cc1. The highest BCUT2D eigenvalue weighted by molar-refractivity contribution is 7.89. The molecule has 1 N–H and O–H groups in total. The molecule has 6 heteroatoms. The van der Waals surface area contributed by atoms with Crippen molar-refractivity contribution < 1.29 is 13.5 Å². The monoisotopic (exact) mass is 310 g/mol. The molecule has 0 aromatic heterocycles. The summed E-state index contributed by atoms with van der Waals surface area (Å²) in [5, 5.41) is 9.18. The molecule has 21 heavy (non-hydrogen) atoms. The molecule has 0 saturated carbocycles. The van der Waals surface area contributed by atoms with Crippen molar-refractivity contribution in [3.63, 3.8) is 0 Å². The highest BCUT2D eigenvalue weighted by Crippen LogP contribution is 2.28. The molecule has 2 saturated heterocycles. The molecule has 1 aromatic rings. The maximum atomic E-state index is 12.5. The van der Waals surface area contributed by atoms with Crippen molar-refractivity contribution in [3.05, 3.63) is 29.8 Å². The van der Waals surface area contributed by atoms with E-state index < -0.39 is 10.0 Å². The fourth-order valence-corrected chi connectivity index (χ4v) is 4.56. The third kappa shape index (κ3) is 2.85. The fourth-order valence-electron chi connectivity index (χ4n) is 3.05. The summed E-state index contributed by atoms with van der Waals surface area (Å²) in [6.07, 6.45) is 1.01. The lowest BCUT2D eigenvalue weighted by Gasteiger charge is -2.43. The van der Waals surface area contributed by atoms with E-state index >= 15 is 0 Å². The minimum atomic E-state index is -3.34. The van der Waals surface area contributed by atoms with Gasteiger partial charge in [-0.3, -0.25) is 4.90 Å². The summed E-state index contributed by atoms with van der Waals surface area (Å²) in [6.45, 7) is 5.16. The van der Waals surface area contributed by atoms with Gasteiger partial charge in [0.15, 0.2) is 0 Å². The minimum absolute atomic E-state index is 0.231. The Morgan fingerprint density at radius 1 is 1.19 bits per heavy atom. The topological polar surface area (TPSA) is 60.9 Å². The molecule has 2 heterocycles. The Bertz CT molecular complexity index is 594. The first-order chi connectivity index (χ1) is 10.0. The summed E-state index contributed by atoms with van der Waals surface area (Å²) in [7, 11) is -3.34. The van der Waals surface area contributed by atoms with Crippen molar-refractivity contribution in [1.82, 2.24) is 9.21 Å². The molecule has 1 atom stereocenters. The van der Waals surface area contributed by atoms with Crippen LogP contribution in [0.3, 0.4) is 0 Å². The number of benzene rings is 1. The van der Waals surface area contributed by atoms with Crippen LogP contribution in [0.5, 0.6) is 0 Å². The lowest BCUT2D eigenvalue weighted by atomic mass is 10.1. The van der Waals surface area contributed by atoms with Crippen molar-refractivity contribution >= 4 is 10.0 Å². The summed E-state index contributed by atoms with van der Waals surface area (Å²) < 4.78 is 26.5. The average Bonchev–Trinajstić information content (AvgIpc) is 2.86. The zero-order valence-electron chi connectivity index (χ0n) is 12.3. The maximum Gasteiger partial charge on any atom is 0.243 e. The lowest BCUT2D eigenvalue weighted by molar-refractivity contribution is 0.102. The number of aryl methyl sites for hydroxylation is 1. The Morgan fingerprint density at radius 2 is 1.86 bits per heavy atom. The van der Waals surface area contributed by atoms with Gasteiger partial charge in [0.1, 0.15) is 0 Å². The summed E-state index contributed by atoms with van der Waals surface area (Å²) in [5.74, 6) is 0.354. The Kier molecular flexibility index (Phi) is 4.05. The van der Waals surface area contributed by atoms with Crippen molar-refractivity contribution in [2.75, 3.05) is 32.8 Å². The van der Waals surface area contributed by atoms with Crippen molar-refractivity contribution in [1.29, 1.82) is 0 Å². The van der Waals surface area contributed by atoms with Gasteiger partial charge in [-0.2, -0.15) is 4.31 Å². The number of nitrogens with zero attached hydrogens (tertiary/aromatic N) is 2. The molecular weight excluding hydrogens is 288 g/mol. The number of hydrogen-bond donors (Lipinski definition) is 1. The zero-order valence-corrected chi connectivity index (χ0v) is 13.1. The quantitative estimate of drug-likeness (QED) is 0.888. The van der Waals surface area contributed by atoms with Gasteiger partial charge in [0.25, 0.3) is 0 Å². The van der Waals surface area contributed by atoms with E-state index in [1.807, 2.05) is 19.1 Å². The van der Waals surface area contributed by atoms with Crippen LogP contribution < -0.4 is 0 Å². The number of aliphatic hydroxyl groups is 1. The third-order valence-corrected chi connectivity index (χ3v) is 6.43. The van der Waals surface area contributed by atoms with Crippen molar-refractivity contribution in [2.24, 2.45) is 5.92 Å². The van der Waals surface area contributed by atoms with Crippen LogP contribution >= 0.6 is 0 Å². The third-order valence-electron chi connectivity index (χ3n) is 4.58. The first-order valence-corrected chi connectivity index (χ1v) is 8.86. The van der Waals surface area contributed by atoms with Gasteiger partial charge < -0.3 is 5.11 Å². The van der Waals surface area contributed by atoms with E-state index in [-0.39, 0.29) is 6.61 Å². The maximum absolute atomic E-state index is 12.5. The Morgan fingerprint density at radius 3 is 2.43 bits per heavy atom. The molecule has 1 aromatic carbocycles. The standard InChI is InChI=1S/C15H22N2O3S/c1-12-2-4-15(5-3-12)21(19,20)17-9-14(10-17)16-7-6-13(8-16)11-18/h2-5,13-14,18H,6-11H2,1H3/t13-/m0/s1. The van der Waals surface area contributed by atoms with E-state index in [1.54, 1.807) is 16.4 Å². The van der Waals surface area contributed by atoms with E-state index in [1.165, 1.54) is 0 Å². The van der Waals surface area contributed by atoms with Crippen LogP contribution in [0.1, 0.15) is 12.0 Å². The van der Waals surface area contributed by atoms with Gasteiger partial charge in [0.05, 0.1) is 4.90 Å². The van der Waals surface area contributed by atoms with Gasteiger partial charge >= 0.3 is 0 Å². The molecule has 2 fully saturated rings. The molecule has 0 radical (unpaired) electrons. The van der Waals surface area contributed by atoms with Gasteiger partial charge in [0.2, 0.25) is 10.0 Å². The second-order valence-corrected chi connectivity index (χ2v) is 8.06. The molecule has 0 aliphatic carbocycles. The predicted molar refractivity (Wildman–Crippen MR) is 80.5 cm³/mol. The van der Waals surface area contributed by atoms with E-state index in [9.17, 15) is 13.5 Å². The number of sulfonamides is 1. The van der Waals surface area contributed by atoms with Gasteiger partial charge in [-0.05, 0) is 37.9 Å². The molecule has 2 aliphatic rings. The molecular formula is C15H22N2O3S. The van der Waals surface area contributed by atoms with Crippen molar-refractivity contribution in [2.45, 2.75) is 24.3 Å². The van der Waals surface area contributed by atoms with Gasteiger partial charge in [0, 0.05) is 32.3 Å². The van der Waals surface area contributed by atoms with Crippen LogP contribution in [0.25, 0.3) is 0 Å². The number of rotatable bonds is 4. The molecule has 116 valence electrons. The summed E-state index contributed by atoms with van der Waals surface area (Å²) in [5.41, 5.74) is 1.06. The van der Waals surface area contributed by atoms with Crippen molar-refractivity contribution in [3.8, 4) is 0 Å². The van der Waals surface area contributed by atoms with E-state index in [0.29, 0.717) is 29.9 Å². The highest BCUT2D eigenvalue weighted by Gasteiger charge is 2.41. The van der Waals surface area contributed by atoms with Crippen LogP contribution in [0, 0.1) is 12.8 Å². The van der Waals surface area contributed by atoms with Crippen LogP contribution in [0.2, 0.25) is 0 Å². The largest absolute Gasteiger partial charge is 0.396 e. The number of aliphatic hydroxyl groups excluding tert-OH is 1.